The van der Waals surface area contributed by atoms with E-state index in [0.717, 1.165) is 0 Å². The Morgan fingerprint density at radius 2 is 1.94 bits per heavy atom. The number of carbonyl (C=O) groups is 1. The van der Waals surface area contributed by atoms with E-state index in [0.29, 0.717) is 16.4 Å². The first-order chi connectivity index (χ1) is 8.16. The van der Waals surface area contributed by atoms with Gasteiger partial charge in [-0.25, -0.2) is 9.97 Å². The number of amides is 1. The molecule has 0 saturated carbocycles. The van der Waals surface area contributed by atoms with Gasteiger partial charge in [0.05, 0.1) is 10.6 Å². The van der Waals surface area contributed by atoms with Crippen molar-refractivity contribution in [2.24, 2.45) is 0 Å². The zero-order valence-electron chi connectivity index (χ0n) is 8.52. The average Bonchev–Trinajstić information content (AvgIpc) is 2.29. The van der Waals surface area contributed by atoms with Crippen LogP contribution in [-0.4, -0.2) is 15.9 Å². The van der Waals surface area contributed by atoms with Crippen LogP contribution < -0.4 is 5.32 Å². The van der Waals surface area contributed by atoms with Gasteiger partial charge >= 0.3 is 0 Å². The minimum absolute atomic E-state index is 0.259. The molecular formula is C11H7Cl2N3O. The van der Waals surface area contributed by atoms with E-state index in [9.17, 15) is 4.79 Å². The van der Waals surface area contributed by atoms with E-state index in [2.05, 4.69) is 15.3 Å². The number of nitrogens with one attached hydrogen (secondary N) is 1. The van der Waals surface area contributed by atoms with Crippen molar-refractivity contribution >= 4 is 34.9 Å². The predicted molar refractivity (Wildman–Crippen MR) is 66.4 cm³/mol. The summed E-state index contributed by atoms with van der Waals surface area (Å²) in [5, 5.41) is 3.22. The van der Waals surface area contributed by atoms with Gasteiger partial charge in [-0.3, -0.25) is 4.79 Å². The number of rotatable bonds is 2. The minimum Gasteiger partial charge on any atom is -0.306 e. The summed E-state index contributed by atoms with van der Waals surface area (Å²) in [5.41, 5.74) is 0.379. The number of benzene rings is 1. The van der Waals surface area contributed by atoms with E-state index in [1.54, 1.807) is 24.3 Å². The Balaban J connectivity index is 2.20. The zero-order chi connectivity index (χ0) is 12.3. The van der Waals surface area contributed by atoms with E-state index in [1.165, 1.54) is 12.4 Å². The third kappa shape index (κ3) is 2.93. The van der Waals surface area contributed by atoms with Gasteiger partial charge in [-0.15, -0.1) is 0 Å². The van der Waals surface area contributed by atoms with Crippen LogP contribution in [0.25, 0.3) is 0 Å². The smallest absolute Gasteiger partial charge is 0.258 e. The first-order valence-electron chi connectivity index (χ1n) is 4.70. The molecular weight excluding hydrogens is 261 g/mol. The highest BCUT2D eigenvalue weighted by atomic mass is 35.5. The van der Waals surface area contributed by atoms with Crippen molar-refractivity contribution in [1.82, 2.24) is 9.97 Å². The quantitative estimate of drug-likeness (QED) is 0.851. The van der Waals surface area contributed by atoms with Crippen LogP contribution in [0.3, 0.4) is 0 Å². The lowest BCUT2D eigenvalue weighted by Gasteiger charge is -2.05. The number of carbonyl (C=O) groups excluding carboxylic acids is 1. The van der Waals surface area contributed by atoms with Crippen molar-refractivity contribution in [2.75, 3.05) is 5.32 Å². The van der Waals surface area contributed by atoms with Gasteiger partial charge in [-0.05, 0) is 12.1 Å². The van der Waals surface area contributed by atoms with Crippen LogP contribution in [0.15, 0.2) is 36.7 Å². The third-order valence-corrected chi connectivity index (χ3v) is 2.53. The predicted octanol–water partition coefficient (Wildman–Crippen LogP) is 3.04. The number of hydrogen-bond acceptors (Lipinski definition) is 3. The first-order valence-corrected chi connectivity index (χ1v) is 5.46. The second-order valence-electron chi connectivity index (χ2n) is 3.16. The molecule has 0 spiro atoms. The first kappa shape index (κ1) is 11.8. The fraction of sp³-hybridized carbons (Fsp3) is 0. The van der Waals surface area contributed by atoms with E-state index >= 15 is 0 Å². The lowest BCUT2D eigenvalue weighted by atomic mass is 10.2. The van der Waals surface area contributed by atoms with Gasteiger partial charge in [0.2, 0.25) is 0 Å². The summed E-state index contributed by atoms with van der Waals surface area (Å²) >= 11 is 11.6. The molecule has 0 atom stereocenters. The summed E-state index contributed by atoms with van der Waals surface area (Å²) in [6.45, 7) is 0. The fourth-order valence-corrected chi connectivity index (χ4v) is 1.60. The van der Waals surface area contributed by atoms with Crippen molar-refractivity contribution in [3.63, 3.8) is 0 Å². The third-order valence-electron chi connectivity index (χ3n) is 1.99. The average molecular weight is 268 g/mol. The zero-order valence-corrected chi connectivity index (χ0v) is 10.0. The van der Waals surface area contributed by atoms with E-state index in [4.69, 9.17) is 23.2 Å². The van der Waals surface area contributed by atoms with E-state index in [1.807, 2.05) is 0 Å². The number of halogens is 2. The topological polar surface area (TPSA) is 54.9 Å². The second kappa shape index (κ2) is 5.12. The van der Waals surface area contributed by atoms with Crippen LogP contribution in [0.2, 0.25) is 10.2 Å². The Morgan fingerprint density at radius 1 is 1.18 bits per heavy atom. The highest BCUT2D eigenvalue weighted by molar-refractivity contribution is 6.34. The summed E-state index contributed by atoms with van der Waals surface area (Å²) in [5.74, 6) is -0.0136. The largest absolute Gasteiger partial charge is 0.306 e. The van der Waals surface area contributed by atoms with E-state index in [-0.39, 0.29) is 11.1 Å². The summed E-state index contributed by atoms with van der Waals surface area (Å²) in [7, 11) is 0. The Kier molecular flexibility index (Phi) is 3.56. The number of anilines is 1. The van der Waals surface area contributed by atoms with Crippen LogP contribution in [0.1, 0.15) is 10.4 Å². The van der Waals surface area contributed by atoms with Crippen molar-refractivity contribution in [3.05, 3.63) is 52.4 Å². The maximum absolute atomic E-state index is 11.8. The molecule has 0 radical (unpaired) electrons. The maximum Gasteiger partial charge on any atom is 0.258 e. The lowest BCUT2D eigenvalue weighted by Crippen LogP contribution is -2.13. The molecule has 1 aromatic carbocycles. The minimum atomic E-state index is -0.342. The molecule has 1 amide bonds. The van der Waals surface area contributed by atoms with Crippen molar-refractivity contribution in [1.29, 1.82) is 0 Å². The van der Waals surface area contributed by atoms with Crippen LogP contribution in [0.5, 0.6) is 0 Å². The number of nitrogens with zero attached hydrogens (tertiary/aromatic N) is 2. The molecule has 1 heterocycles. The molecule has 2 rings (SSSR count). The van der Waals surface area contributed by atoms with Gasteiger partial charge in [0.15, 0.2) is 0 Å². The second-order valence-corrected chi connectivity index (χ2v) is 3.95. The SMILES string of the molecule is O=C(Nc1cc(Cl)ncn1)c1ccccc1Cl. The van der Waals surface area contributed by atoms with Crippen molar-refractivity contribution < 1.29 is 4.79 Å². The summed E-state index contributed by atoms with van der Waals surface area (Å²) in [4.78, 5) is 19.4. The number of aromatic nitrogens is 2. The Bertz CT molecular complexity index is 560. The Hall–Kier alpha value is -1.65. The van der Waals surface area contributed by atoms with Gasteiger partial charge in [-0.2, -0.15) is 0 Å². The van der Waals surface area contributed by atoms with Gasteiger partial charge in [0.1, 0.15) is 17.3 Å². The molecule has 0 aliphatic heterocycles. The summed E-state index contributed by atoms with van der Waals surface area (Å²) < 4.78 is 0. The maximum atomic E-state index is 11.8. The molecule has 0 unspecified atom stereocenters. The highest BCUT2D eigenvalue weighted by Gasteiger charge is 2.10. The van der Waals surface area contributed by atoms with Crippen LogP contribution in [-0.2, 0) is 0 Å². The molecule has 2 aromatic rings. The molecule has 0 aliphatic rings. The molecule has 1 aromatic heterocycles. The molecule has 0 aliphatic carbocycles. The Morgan fingerprint density at radius 3 is 2.65 bits per heavy atom. The normalized spacial score (nSPS) is 10.0. The molecule has 0 bridgehead atoms. The summed E-state index contributed by atoms with van der Waals surface area (Å²) in [6, 6.07) is 8.20. The molecule has 0 saturated heterocycles. The molecule has 6 heteroatoms. The molecule has 86 valence electrons. The summed E-state index contributed by atoms with van der Waals surface area (Å²) in [6.07, 6.45) is 1.27. The lowest BCUT2D eigenvalue weighted by molar-refractivity contribution is 0.102. The highest BCUT2D eigenvalue weighted by Crippen LogP contribution is 2.17. The fourth-order valence-electron chi connectivity index (χ4n) is 1.23. The Labute approximate surface area is 108 Å². The van der Waals surface area contributed by atoms with Gasteiger partial charge in [0.25, 0.3) is 5.91 Å². The van der Waals surface area contributed by atoms with Crippen LogP contribution in [0, 0.1) is 0 Å². The standard InChI is InChI=1S/C11H7Cl2N3O/c12-8-4-2-1-3-7(8)11(17)16-10-5-9(13)14-6-15-10/h1-6H,(H,14,15,16,17). The molecule has 4 nitrogen and oxygen atoms in total. The van der Waals surface area contributed by atoms with E-state index < -0.39 is 0 Å². The molecule has 1 N–H and O–H groups in total. The van der Waals surface area contributed by atoms with Crippen LogP contribution >= 0.6 is 23.2 Å². The van der Waals surface area contributed by atoms with Crippen LogP contribution in [0.4, 0.5) is 5.82 Å². The van der Waals surface area contributed by atoms with Gasteiger partial charge in [-0.1, -0.05) is 35.3 Å². The monoisotopic (exact) mass is 267 g/mol. The number of hydrogen-bond donors (Lipinski definition) is 1. The molecule has 0 fully saturated rings. The van der Waals surface area contributed by atoms with Crippen molar-refractivity contribution in [2.45, 2.75) is 0 Å². The van der Waals surface area contributed by atoms with Gasteiger partial charge < -0.3 is 5.32 Å². The molecule has 17 heavy (non-hydrogen) atoms. The van der Waals surface area contributed by atoms with Crippen molar-refractivity contribution in [3.8, 4) is 0 Å². The van der Waals surface area contributed by atoms with Gasteiger partial charge in [0, 0.05) is 6.07 Å².